The molecule has 1 aromatic carbocycles. The van der Waals surface area contributed by atoms with Gasteiger partial charge in [0.25, 0.3) is 0 Å². The van der Waals surface area contributed by atoms with Gasteiger partial charge in [-0.1, -0.05) is 23.8 Å². The van der Waals surface area contributed by atoms with E-state index in [1.807, 2.05) is 45.9 Å². The smallest absolute Gasteiger partial charge is 0.408 e. The van der Waals surface area contributed by atoms with Crippen molar-refractivity contribution in [3.05, 3.63) is 34.9 Å². The van der Waals surface area contributed by atoms with Crippen molar-refractivity contribution in [1.82, 2.24) is 15.5 Å². The zero-order chi connectivity index (χ0) is 22.6. The van der Waals surface area contributed by atoms with Crippen LogP contribution in [0.5, 0.6) is 0 Å². The van der Waals surface area contributed by atoms with Crippen LogP contribution in [0.1, 0.15) is 70.2 Å². The van der Waals surface area contributed by atoms with E-state index in [9.17, 15) is 14.4 Å². The number of ether oxygens (including phenoxy) is 1. The summed E-state index contributed by atoms with van der Waals surface area (Å²) in [5.74, 6) is -0.512. The van der Waals surface area contributed by atoms with Crippen LogP contribution in [0.25, 0.3) is 0 Å². The molecule has 0 aromatic heterocycles. The third-order valence-corrected chi connectivity index (χ3v) is 4.69. The zero-order valence-corrected chi connectivity index (χ0v) is 19.2. The molecule has 1 aliphatic rings. The maximum absolute atomic E-state index is 13.2. The van der Waals surface area contributed by atoms with E-state index in [0.717, 1.165) is 29.5 Å². The van der Waals surface area contributed by atoms with E-state index in [1.165, 1.54) is 0 Å². The van der Waals surface area contributed by atoms with Crippen LogP contribution in [0, 0.1) is 13.8 Å². The van der Waals surface area contributed by atoms with Gasteiger partial charge in [-0.05, 0) is 72.4 Å². The maximum atomic E-state index is 13.2. The highest BCUT2D eigenvalue weighted by atomic mass is 16.6. The van der Waals surface area contributed by atoms with Crippen molar-refractivity contribution in [2.75, 3.05) is 6.54 Å². The molecule has 7 heteroatoms. The van der Waals surface area contributed by atoms with E-state index < -0.39 is 17.7 Å². The summed E-state index contributed by atoms with van der Waals surface area (Å²) < 4.78 is 5.22. The largest absolute Gasteiger partial charge is 0.444 e. The molecule has 7 nitrogen and oxygen atoms in total. The Morgan fingerprint density at radius 1 is 1.17 bits per heavy atom. The fraction of sp³-hybridized carbons (Fsp3) is 0.609. The summed E-state index contributed by atoms with van der Waals surface area (Å²) >= 11 is 0. The minimum atomic E-state index is -0.742. The van der Waals surface area contributed by atoms with Crippen molar-refractivity contribution in [3.8, 4) is 0 Å². The quantitative estimate of drug-likeness (QED) is 0.712. The van der Waals surface area contributed by atoms with Crippen molar-refractivity contribution < 1.29 is 19.1 Å². The molecule has 166 valence electrons. The summed E-state index contributed by atoms with van der Waals surface area (Å²) in [5, 5.41) is 5.48. The van der Waals surface area contributed by atoms with Crippen molar-refractivity contribution in [1.29, 1.82) is 0 Å². The predicted molar refractivity (Wildman–Crippen MR) is 116 cm³/mol. The minimum Gasteiger partial charge on any atom is -0.444 e. The lowest BCUT2D eigenvalue weighted by molar-refractivity contribution is -0.141. The van der Waals surface area contributed by atoms with Gasteiger partial charge in [-0.2, -0.15) is 0 Å². The van der Waals surface area contributed by atoms with Gasteiger partial charge in [-0.3, -0.25) is 9.59 Å². The summed E-state index contributed by atoms with van der Waals surface area (Å²) in [6, 6.07) is 5.07. The first kappa shape index (κ1) is 23.7. The second-order valence-corrected chi connectivity index (χ2v) is 9.31. The fourth-order valence-electron chi connectivity index (χ4n) is 3.38. The molecule has 2 rings (SSSR count). The van der Waals surface area contributed by atoms with Crippen molar-refractivity contribution in [2.45, 2.75) is 85.0 Å². The molecule has 1 atom stereocenters. The molecular weight excluding hydrogens is 382 g/mol. The molecule has 0 radical (unpaired) electrons. The normalized spacial score (nSPS) is 14.8. The average Bonchev–Trinajstić information content (AvgIpc) is 3.41. The molecule has 1 fully saturated rings. The Morgan fingerprint density at radius 3 is 2.30 bits per heavy atom. The van der Waals surface area contributed by atoms with Crippen molar-refractivity contribution in [2.24, 2.45) is 0 Å². The second-order valence-electron chi connectivity index (χ2n) is 9.31. The van der Waals surface area contributed by atoms with Crippen LogP contribution in [0.4, 0.5) is 4.79 Å². The Labute approximate surface area is 179 Å². The molecule has 1 saturated carbocycles. The SMILES string of the molecule is Cc1ccc(C(C(=O)NC(C)C)N(C(=O)CNC(=O)OC(C)(C)C)C2CC2)c(C)c1. The zero-order valence-electron chi connectivity index (χ0n) is 19.2. The van der Waals surface area contributed by atoms with Gasteiger partial charge in [-0.25, -0.2) is 4.79 Å². The average molecular weight is 418 g/mol. The van der Waals surface area contributed by atoms with Gasteiger partial charge in [0.1, 0.15) is 18.2 Å². The van der Waals surface area contributed by atoms with Crippen molar-refractivity contribution >= 4 is 17.9 Å². The molecule has 30 heavy (non-hydrogen) atoms. The number of amides is 3. The standard InChI is InChI=1S/C23H35N3O4/c1-14(2)25-21(28)20(18-11-8-15(3)12-16(18)4)26(17-9-10-17)19(27)13-24-22(29)30-23(5,6)7/h8,11-12,14,17,20H,9-10,13H2,1-7H3,(H,24,29)(H,25,28). The molecule has 1 aromatic rings. The summed E-state index contributed by atoms with van der Waals surface area (Å²) in [6.07, 6.45) is 1.03. The first-order valence-electron chi connectivity index (χ1n) is 10.5. The fourth-order valence-corrected chi connectivity index (χ4v) is 3.38. The number of carbonyl (C=O) groups is 3. The van der Waals surface area contributed by atoms with E-state index in [2.05, 4.69) is 10.6 Å². The Hall–Kier alpha value is -2.57. The highest BCUT2D eigenvalue weighted by Gasteiger charge is 2.41. The molecule has 0 saturated heterocycles. The van der Waals surface area contributed by atoms with Gasteiger partial charge < -0.3 is 20.3 Å². The number of rotatable bonds is 7. The highest BCUT2D eigenvalue weighted by Crippen LogP contribution is 2.36. The lowest BCUT2D eigenvalue weighted by Crippen LogP contribution is -2.49. The van der Waals surface area contributed by atoms with Crippen LogP contribution in [-0.2, 0) is 14.3 Å². The topological polar surface area (TPSA) is 87.7 Å². The maximum Gasteiger partial charge on any atom is 0.408 e. The molecule has 0 bridgehead atoms. The summed E-state index contributed by atoms with van der Waals surface area (Å²) in [6.45, 7) is 12.8. The Bertz CT molecular complexity index is 794. The first-order chi connectivity index (χ1) is 13.9. The number of nitrogens with one attached hydrogen (secondary N) is 2. The highest BCUT2D eigenvalue weighted by molar-refractivity contribution is 5.91. The van der Waals surface area contributed by atoms with Gasteiger partial charge in [0, 0.05) is 12.1 Å². The van der Waals surface area contributed by atoms with Crippen LogP contribution in [0.15, 0.2) is 18.2 Å². The van der Waals surface area contributed by atoms with Crippen LogP contribution >= 0.6 is 0 Å². The molecule has 0 heterocycles. The van der Waals surface area contributed by atoms with Gasteiger partial charge >= 0.3 is 6.09 Å². The molecule has 3 amide bonds. The summed E-state index contributed by atoms with van der Waals surface area (Å²) in [5.41, 5.74) is 2.20. The number of carbonyl (C=O) groups excluding carboxylic acids is 3. The van der Waals surface area contributed by atoms with Gasteiger partial charge in [0.15, 0.2) is 0 Å². The van der Waals surface area contributed by atoms with E-state index in [4.69, 9.17) is 4.74 Å². The number of alkyl carbamates (subject to hydrolysis) is 1. The van der Waals surface area contributed by atoms with Crippen LogP contribution in [0.3, 0.4) is 0 Å². The molecule has 1 aliphatic carbocycles. The number of hydrogen-bond acceptors (Lipinski definition) is 4. The van der Waals surface area contributed by atoms with Crippen LogP contribution in [0.2, 0.25) is 0 Å². The Balaban J connectivity index is 2.29. The molecule has 1 unspecified atom stereocenters. The van der Waals surface area contributed by atoms with E-state index >= 15 is 0 Å². The van der Waals surface area contributed by atoms with E-state index in [0.29, 0.717) is 0 Å². The third-order valence-electron chi connectivity index (χ3n) is 4.69. The van der Waals surface area contributed by atoms with Gasteiger partial charge in [0.05, 0.1) is 0 Å². The van der Waals surface area contributed by atoms with Crippen LogP contribution < -0.4 is 10.6 Å². The molecule has 0 aliphatic heterocycles. The Kier molecular flexibility index (Phi) is 7.50. The van der Waals surface area contributed by atoms with Crippen molar-refractivity contribution in [3.63, 3.8) is 0 Å². The van der Waals surface area contributed by atoms with E-state index in [1.54, 1.807) is 25.7 Å². The van der Waals surface area contributed by atoms with Crippen LogP contribution in [-0.4, -0.2) is 47.0 Å². The molecule has 0 spiro atoms. The van der Waals surface area contributed by atoms with E-state index in [-0.39, 0.29) is 30.4 Å². The monoisotopic (exact) mass is 417 g/mol. The second kappa shape index (κ2) is 9.49. The minimum absolute atomic E-state index is 0.0125. The van der Waals surface area contributed by atoms with Gasteiger partial charge in [-0.15, -0.1) is 0 Å². The number of aryl methyl sites for hydroxylation is 2. The third kappa shape index (κ3) is 6.75. The number of hydrogen-bond donors (Lipinski definition) is 2. The molecule has 2 N–H and O–H groups in total. The summed E-state index contributed by atoms with van der Waals surface area (Å²) in [7, 11) is 0. The number of benzene rings is 1. The predicted octanol–water partition coefficient (Wildman–Crippen LogP) is 3.38. The number of nitrogens with zero attached hydrogens (tertiary/aromatic N) is 1. The first-order valence-corrected chi connectivity index (χ1v) is 10.5. The summed E-state index contributed by atoms with van der Waals surface area (Å²) in [4.78, 5) is 40.0. The lowest BCUT2D eigenvalue weighted by Gasteiger charge is -2.33. The lowest BCUT2D eigenvalue weighted by atomic mass is 9.96. The Morgan fingerprint density at radius 2 is 1.80 bits per heavy atom. The van der Waals surface area contributed by atoms with Gasteiger partial charge in [0.2, 0.25) is 11.8 Å². The molecular formula is C23H35N3O4.